The van der Waals surface area contributed by atoms with Crippen LogP contribution in [-0.2, 0) is 25.6 Å². The molecule has 4 rings (SSSR count). The molecular weight excluding hydrogens is 516 g/mol. The van der Waals surface area contributed by atoms with Crippen molar-refractivity contribution in [2.24, 2.45) is 0 Å². The second-order valence-corrected chi connectivity index (χ2v) is 9.37. The summed E-state index contributed by atoms with van der Waals surface area (Å²) in [6.45, 7) is 7.34. The predicted molar refractivity (Wildman–Crippen MR) is 147 cm³/mol. The van der Waals surface area contributed by atoms with E-state index in [-0.39, 0.29) is 43.1 Å². The molecule has 0 bridgehead atoms. The Morgan fingerprint density at radius 3 is 2.10 bits per heavy atom. The van der Waals surface area contributed by atoms with Gasteiger partial charge in [0.2, 0.25) is 0 Å². The Balaban J connectivity index is 1.78. The number of rotatable bonds is 10. The van der Waals surface area contributed by atoms with E-state index in [0.717, 1.165) is 11.0 Å². The van der Waals surface area contributed by atoms with Gasteiger partial charge >= 0.3 is 11.9 Å². The molecule has 2 aromatic carbocycles. The zero-order valence-corrected chi connectivity index (χ0v) is 22.9. The molecule has 0 aliphatic carbocycles. The SMILES string of the molecule is CCOC(=O)C1=C(C)N(CC(O)Cn2cnc3ccccc32)C(C)=C(C(=O)OCC)C1c1ccc([N+](=O)[O-])cc1. The van der Waals surface area contributed by atoms with Crippen molar-refractivity contribution in [1.29, 1.82) is 0 Å². The highest BCUT2D eigenvalue weighted by Crippen LogP contribution is 2.43. The number of carbonyl (C=O) groups excluding carboxylic acids is 2. The van der Waals surface area contributed by atoms with E-state index in [2.05, 4.69) is 4.98 Å². The van der Waals surface area contributed by atoms with E-state index in [1.807, 2.05) is 28.8 Å². The van der Waals surface area contributed by atoms with Crippen molar-refractivity contribution in [1.82, 2.24) is 14.5 Å². The molecule has 0 saturated heterocycles. The van der Waals surface area contributed by atoms with Crippen molar-refractivity contribution in [2.45, 2.75) is 46.3 Å². The van der Waals surface area contributed by atoms with Crippen LogP contribution in [0, 0.1) is 10.1 Å². The molecule has 0 amide bonds. The molecule has 0 fully saturated rings. The van der Waals surface area contributed by atoms with Crippen molar-refractivity contribution in [3.05, 3.63) is 93.1 Å². The Kier molecular flexibility index (Phi) is 8.64. The van der Waals surface area contributed by atoms with Crippen molar-refractivity contribution in [3.8, 4) is 0 Å². The number of aliphatic hydroxyl groups is 1. The summed E-state index contributed by atoms with van der Waals surface area (Å²) in [5.74, 6) is -2.14. The number of para-hydroxylation sites is 2. The highest BCUT2D eigenvalue weighted by molar-refractivity contribution is 6.00. The van der Waals surface area contributed by atoms with Crippen LogP contribution in [0.25, 0.3) is 11.0 Å². The van der Waals surface area contributed by atoms with E-state index < -0.39 is 28.9 Å². The molecule has 11 heteroatoms. The third kappa shape index (κ3) is 5.59. The summed E-state index contributed by atoms with van der Waals surface area (Å²) in [4.78, 5) is 43.6. The normalized spacial score (nSPS) is 15.0. The highest BCUT2D eigenvalue weighted by Gasteiger charge is 2.41. The van der Waals surface area contributed by atoms with E-state index in [4.69, 9.17) is 9.47 Å². The Morgan fingerprint density at radius 1 is 0.975 bits per heavy atom. The van der Waals surface area contributed by atoms with Crippen LogP contribution in [0.4, 0.5) is 5.69 Å². The molecule has 1 unspecified atom stereocenters. The molecule has 1 N–H and O–H groups in total. The van der Waals surface area contributed by atoms with Gasteiger partial charge in [-0.1, -0.05) is 24.3 Å². The number of aromatic nitrogens is 2. The molecule has 0 radical (unpaired) electrons. The monoisotopic (exact) mass is 548 g/mol. The fraction of sp³-hybridized carbons (Fsp3) is 0.345. The maximum atomic E-state index is 13.4. The number of ether oxygens (including phenoxy) is 2. The number of carbonyl (C=O) groups is 2. The zero-order chi connectivity index (χ0) is 29.0. The van der Waals surface area contributed by atoms with E-state index in [1.165, 1.54) is 24.3 Å². The number of nitro benzene ring substituents is 1. The van der Waals surface area contributed by atoms with Crippen LogP contribution in [0.5, 0.6) is 0 Å². The summed E-state index contributed by atoms with van der Waals surface area (Å²) in [6.07, 6.45) is 0.763. The van der Waals surface area contributed by atoms with Gasteiger partial charge in [-0.05, 0) is 45.4 Å². The Hall–Kier alpha value is -4.51. The molecule has 40 heavy (non-hydrogen) atoms. The van der Waals surface area contributed by atoms with E-state index >= 15 is 0 Å². The first-order valence-corrected chi connectivity index (χ1v) is 13.0. The lowest BCUT2D eigenvalue weighted by molar-refractivity contribution is -0.384. The van der Waals surface area contributed by atoms with Gasteiger partial charge in [0.1, 0.15) is 0 Å². The molecule has 0 saturated carbocycles. The zero-order valence-electron chi connectivity index (χ0n) is 22.9. The number of benzene rings is 2. The fourth-order valence-electron chi connectivity index (χ4n) is 5.10. The maximum Gasteiger partial charge on any atom is 0.336 e. The summed E-state index contributed by atoms with van der Waals surface area (Å²) >= 11 is 0. The van der Waals surface area contributed by atoms with Crippen LogP contribution >= 0.6 is 0 Å². The van der Waals surface area contributed by atoms with Crippen molar-refractivity contribution in [3.63, 3.8) is 0 Å². The number of hydrogen-bond acceptors (Lipinski definition) is 9. The first-order valence-electron chi connectivity index (χ1n) is 13.0. The van der Waals surface area contributed by atoms with Gasteiger partial charge in [-0.2, -0.15) is 0 Å². The van der Waals surface area contributed by atoms with Crippen LogP contribution in [0.2, 0.25) is 0 Å². The number of hydrogen-bond donors (Lipinski definition) is 1. The molecule has 3 aromatic rings. The lowest BCUT2D eigenvalue weighted by Crippen LogP contribution is -2.39. The molecule has 1 aromatic heterocycles. The predicted octanol–water partition coefficient (Wildman–Crippen LogP) is 4.08. The molecule has 1 aliphatic rings. The molecule has 1 aliphatic heterocycles. The van der Waals surface area contributed by atoms with Crippen LogP contribution in [-0.4, -0.2) is 62.3 Å². The second kappa shape index (κ2) is 12.1. The van der Waals surface area contributed by atoms with Crippen molar-refractivity contribution < 1.29 is 29.1 Å². The average Bonchev–Trinajstić information content (AvgIpc) is 3.33. The van der Waals surface area contributed by atoms with Gasteiger partial charge in [0, 0.05) is 23.5 Å². The molecule has 2 heterocycles. The van der Waals surface area contributed by atoms with Crippen LogP contribution < -0.4 is 0 Å². The lowest BCUT2D eigenvalue weighted by atomic mass is 9.79. The number of allylic oxidation sites excluding steroid dienone is 2. The standard InChI is InChI=1S/C29H32N4O7/c1-5-39-28(35)25-18(3)32(16-22(34)15-31-17-30-23-9-7-8-10-24(23)31)19(4)26(29(36)40-6-2)27(25)20-11-13-21(14-12-20)33(37)38/h7-14,17,22,27,34H,5-6,15-16H2,1-4H3. The summed E-state index contributed by atoms with van der Waals surface area (Å²) in [5.41, 5.74) is 3.46. The number of aliphatic hydroxyl groups excluding tert-OH is 1. The highest BCUT2D eigenvalue weighted by atomic mass is 16.6. The number of nitrogens with zero attached hydrogens (tertiary/aromatic N) is 4. The summed E-state index contributed by atoms with van der Waals surface area (Å²) in [6, 6.07) is 13.3. The third-order valence-electron chi connectivity index (χ3n) is 6.92. The number of β-amino-alcohol motifs (C(OH)–C–C–N with tert-alkyl or cyclic N) is 1. The van der Waals surface area contributed by atoms with Crippen LogP contribution in [0.15, 0.2) is 77.4 Å². The summed E-state index contributed by atoms with van der Waals surface area (Å²) in [5, 5.41) is 22.4. The first-order chi connectivity index (χ1) is 19.2. The number of imidazole rings is 1. The van der Waals surface area contributed by atoms with Gasteiger partial charge in [0.05, 0.1) is 71.8 Å². The van der Waals surface area contributed by atoms with Gasteiger partial charge in [0.25, 0.3) is 5.69 Å². The van der Waals surface area contributed by atoms with Gasteiger partial charge < -0.3 is 24.0 Å². The average molecular weight is 549 g/mol. The first kappa shape index (κ1) is 28.5. The van der Waals surface area contributed by atoms with Crippen molar-refractivity contribution >= 4 is 28.7 Å². The summed E-state index contributed by atoms with van der Waals surface area (Å²) in [7, 11) is 0. The van der Waals surface area contributed by atoms with Gasteiger partial charge in [-0.25, -0.2) is 14.6 Å². The van der Waals surface area contributed by atoms with E-state index in [9.17, 15) is 24.8 Å². The minimum absolute atomic E-state index is 0.0724. The van der Waals surface area contributed by atoms with Gasteiger partial charge in [-0.15, -0.1) is 0 Å². The number of non-ortho nitro benzene ring substituents is 1. The Labute approximate surface area is 231 Å². The minimum Gasteiger partial charge on any atom is -0.463 e. The molecule has 0 spiro atoms. The van der Waals surface area contributed by atoms with Gasteiger partial charge in [0.15, 0.2) is 0 Å². The number of fused-ring (bicyclic) bond motifs is 1. The van der Waals surface area contributed by atoms with Gasteiger partial charge in [-0.3, -0.25) is 10.1 Å². The Morgan fingerprint density at radius 2 is 1.55 bits per heavy atom. The molecule has 210 valence electrons. The second-order valence-electron chi connectivity index (χ2n) is 9.37. The topological polar surface area (TPSA) is 137 Å². The third-order valence-corrected chi connectivity index (χ3v) is 6.92. The molecule has 1 atom stereocenters. The molecular formula is C29H32N4O7. The largest absolute Gasteiger partial charge is 0.463 e. The van der Waals surface area contributed by atoms with E-state index in [0.29, 0.717) is 17.0 Å². The maximum absolute atomic E-state index is 13.4. The summed E-state index contributed by atoms with van der Waals surface area (Å²) < 4.78 is 12.6. The van der Waals surface area contributed by atoms with E-state index in [1.54, 1.807) is 38.9 Å². The van der Waals surface area contributed by atoms with Crippen LogP contribution in [0.1, 0.15) is 39.2 Å². The fourth-order valence-corrected chi connectivity index (χ4v) is 5.10. The van der Waals surface area contributed by atoms with Crippen LogP contribution in [0.3, 0.4) is 0 Å². The van der Waals surface area contributed by atoms with Crippen molar-refractivity contribution in [2.75, 3.05) is 19.8 Å². The number of nitro groups is 1. The Bertz CT molecular complexity index is 1450. The minimum atomic E-state index is -0.898. The smallest absolute Gasteiger partial charge is 0.336 e. The number of esters is 2. The quantitative estimate of drug-likeness (QED) is 0.226. The lowest BCUT2D eigenvalue weighted by Gasteiger charge is -2.38. The molecule has 11 nitrogen and oxygen atoms in total.